The first-order valence-electron chi connectivity index (χ1n) is 8.56. The zero-order valence-corrected chi connectivity index (χ0v) is 17.1. The predicted molar refractivity (Wildman–Crippen MR) is 111 cm³/mol. The highest BCUT2D eigenvalue weighted by Gasteiger charge is 2.51. The van der Waals surface area contributed by atoms with Crippen molar-refractivity contribution in [3.05, 3.63) is 52.5 Å². The van der Waals surface area contributed by atoms with Crippen LogP contribution in [0, 0.1) is 0 Å². The van der Waals surface area contributed by atoms with Gasteiger partial charge in [-0.15, -0.1) is 0 Å². The van der Waals surface area contributed by atoms with Gasteiger partial charge < -0.3 is 19.9 Å². The second-order valence-corrected chi connectivity index (χ2v) is 8.26. The highest BCUT2D eigenvalue weighted by molar-refractivity contribution is 6.62. The van der Waals surface area contributed by atoms with Crippen LogP contribution in [-0.2, 0) is 9.31 Å². The van der Waals surface area contributed by atoms with Crippen molar-refractivity contribution in [2.75, 3.05) is 10.6 Å². The van der Waals surface area contributed by atoms with Crippen LogP contribution in [0.4, 0.5) is 16.2 Å². The fourth-order valence-corrected chi connectivity index (χ4v) is 3.07. The highest BCUT2D eigenvalue weighted by atomic mass is 35.5. The summed E-state index contributed by atoms with van der Waals surface area (Å²) in [6, 6.07) is 11.8. The second kappa shape index (κ2) is 7.36. The number of benzene rings is 2. The van der Waals surface area contributed by atoms with Crippen molar-refractivity contribution in [3.8, 4) is 0 Å². The van der Waals surface area contributed by atoms with Crippen LogP contribution in [-0.4, -0.2) is 24.4 Å². The van der Waals surface area contributed by atoms with Gasteiger partial charge in [-0.2, -0.15) is 0 Å². The lowest BCUT2D eigenvalue weighted by molar-refractivity contribution is 0.00578. The first-order valence-corrected chi connectivity index (χ1v) is 9.32. The molecule has 0 saturated carbocycles. The summed E-state index contributed by atoms with van der Waals surface area (Å²) in [7, 11) is -0.495. The van der Waals surface area contributed by atoms with Crippen LogP contribution in [0.3, 0.4) is 0 Å². The number of hydrogen-bond donors (Lipinski definition) is 2. The lowest BCUT2D eigenvalue weighted by Gasteiger charge is -2.32. The molecule has 8 heteroatoms. The van der Waals surface area contributed by atoms with E-state index in [1.807, 2.05) is 45.9 Å². The Bertz CT molecular complexity index is 858. The van der Waals surface area contributed by atoms with E-state index in [1.165, 1.54) is 0 Å². The second-order valence-electron chi connectivity index (χ2n) is 7.42. The van der Waals surface area contributed by atoms with Crippen LogP contribution >= 0.6 is 23.2 Å². The van der Waals surface area contributed by atoms with Gasteiger partial charge in [0.25, 0.3) is 0 Å². The van der Waals surface area contributed by atoms with Crippen LogP contribution in [0.5, 0.6) is 0 Å². The molecule has 2 N–H and O–H groups in total. The van der Waals surface area contributed by atoms with Crippen LogP contribution in [0.2, 0.25) is 10.0 Å². The molecule has 2 amide bonds. The topological polar surface area (TPSA) is 59.6 Å². The molecule has 2 aromatic rings. The molecule has 1 aliphatic rings. The fraction of sp³-hybridized carbons (Fsp3) is 0.316. The van der Waals surface area contributed by atoms with Crippen molar-refractivity contribution >= 4 is 53.2 Å². The van der Waals surface area contributed by atoms with Gasteiger partial charge >= 0.3 is 13.1 Å². The maximum atomic E-state index is 12.3. The van der Waals surface area contributed by atoms with Gasteiger partial charge in [-0.05, 0) is 63.5 Å². The molecule has 0 spiro atoms. The maximum Gasteiger partial charge on any atom is 0.494 e. The van der Waals surface area contributed by atoms with Crippen molar-refractivity contribution in [1.82, 2.24) is 0 Å². The molecule has 142 valence electrons. The van der Waals surface area contributed by atoms with Crippen molar-refractivity contribution < 1.29 is 14.1 Å². The first-order chi connectivity index (χ1) is 12.6. The van der Waals surface area contributed by atoms with E-state index in [2.05, 4.69) is 10.6 Å². The van der Waals surface area contributed by atoms with E-state index in [1.54, 1.807) is 24.3 Å². The van der Waals surface area contributed by atoms with Gasteiger partial charge in [0, 0.05) is 10.7 Å². The smallest absolute Gasteiger partial charge is 0.399 e. The number of amides is 2. The average Bonchev–Trinajstić information content (AvgIpc) is 2.78. The number of halogens is 2. The van der Waals surface area contributed by atoms with E-state index in [4.69, 9.17) is 32.5 Å². The highest BCUT2D eigenvalue weighted by Crippen LogP contribution is 2.36. The van der Waals surface area contributed by atoms with Gasteiger partial charge in [0.1, 0.15) is 0 Å². The zero-order chi connectivity index (χ0) is 19.8. The lowest BCUT2D eigenvalue weighted by atomic mass is 9.79. The number of hydrogen-bond acceptors (Lipinski definition) is 3. The molecule has 1 fully saturated rings. The molecule has 0 aliphatic carbocycles. The molecule has 0 radical (unpaired) electrons. The van der Waals surface area contributed by atoms with E-state index in [0.717, 1.165) is 5.46 Å². The molecule has 5 nitrogen and oxygen atoms in total. The number of rotatable bonds is 3. The Morgan fingerprint density at radius 2 is 1.63 bits per heavy atom. The minimum atomic E-state index is -0.495. The standard InChI is InChI=1S/C19H21BCl2N2O3/c1-18(2)19(3,4)27-20(26-18)12-6-5-7-14(10-12)23-17(25)24-16-9-8-13(21)11-15(16)22/h5-11H,1-4H3,(H2,23,24,25). The summed E-state index contributed by atoms with van der Waals surface area (Å²) < 4.78 is 12.1. The summed E-state index contributed by atoms with van der Waals surface area (Å²) in [4.78, 5) is 12.3. The first kappa shape index (κ1) is 20.0. The third-order valence-electron chi connectivity index (χ3n) is 4.85. The van der Waals surface area contributed by atoms with E-state index in [0.29, 0.717) is 21.4 Å². The number of carbonyl (C=O) groups excluding carboxylic acids is 1. The van der Waals surface area contributed by atoms with E-state index in [-0.39, 0.29) is 0 Å². The van der Waals surface area contributed by atoms with Gasteiger partial charge in [-0.3, -0.25) is 0 Å². The minimum Gasteiger partial charge on any atom is -0.399 e. The molecule has 2 aromatic carbocycles. The Hall–Kier alpha value is -1.73. The fourth-order valence-electron chi connectivity index (χ4n) is 2.62. The van der Waals surface area contributed by atoms with Gasteiger partial charge in [0.15, 0.2) is 0 Å². The van der Waals surface area contributed by atoms with E-state index < -0.39 is 24.4 Å². The average molecular weight is 407 g/mol. The molecule has 1 saturated heterocycles. The number of carbonyl (C=O) groups is 1. The molecule has 3 rings (SSSR count). The summed E-state index contributed by atoms with van der Waals surface area (Å²) in [6.07, 6.45) is 0. The van der Waals surface area contributed by atoms with Crippen LogP contribution in [0.1, 0.15) is 27.7 Å². The van der Waals surface area contributed by atoms with Crippen LogP contribution < -0.4 is 16.1 Å². The Morgan fingerprint density at radius 1 is 0.963 bits per heavy atom. The molecule has 0 unspecified atom stereocenters. The monoisotopic (exact) mass is 406 g/mol. The van der Waals surface area contributed by atoms with Gasteiger partial charge in [-0.25, -0.2) is 4.79 Å². The summed E-state index contributed by atoms with van der Waals surface area (Å²) in [5, 5.41) is 6.35. The predicted octanol–water partition coefficient (Wildman–Crippen LogP) is 4.94. The number of urea groups is 1. The van der Waals surface area contributed by atoms with Crippen LogP contribution in [0.15, 0.2) is 42.5 Å². The zero-order valence-electron chi connectivity index (χ0n) is 15.6. The molecule has 27 heavy (non-hydrogen) atoms. The molecule has 1 aliphatic heterocycles. The molecule has 0 bridgehead atoms. The minimum absolute atomic E-state index is 0.364. The van der Waals surface area contributed by atoms with E-state index >= 15 is 0 Å². The maximum absolute atomic E-state index is 12.3. The Kier molecular flexibility index (Phi) is 5.46. The summed E-state index contributed by atoms with van der Waals surface area (Å²) in [6.45, 7) is 7.99. The van der Waals surface area contributed by atoms with Crippen LogP contribution in [0.25, 0.3) is 0 Å². The van der Waals surface area contributed by atoms with Crippen molar-refractivity contribution in [2.24, 2.45) is 0 Å². The largest absolute Gasteiger partial charge is 0.494 e. The molecular weight excluding hydrogens is 386 g/mol. The molecular formula is C19H21BCl2N2O3. The summed E-state index contributed by atoms with van der Waals surface area (Å²) in [5.74, 6) is 0. The summed E-state index contributed by atoms with van der Waals surface area (Å²) >= 11 is 11.9. The van der Waals surface area contributed by atoms with E-state index in [9.17, 15) is 4.79 Å². The SMILES string of the molecule is CC1(C)OB(c2cccc(NC(=O)Nc3ccc(Cl)cc3Cl)c2)OC1(C)C. The third-order valence-corrected chi connectivity index (χ3v) is 5.40. The molecule has 0 aromatic heterocycles. The Labute approximate surface area is 169 Å². The lowest BCUT2D eigenvalue weighted by Crippen LogP contribution is -2.41. The quantitative estimate of drug-likeness (QED) is 0.710. The number of anilines is 2. The van der Waals surface area contributed by atoms with Crippen molar-refractivity contribution in [2.45, 2.75) is 38.9 Å². The molecule has 1 heterocycles. The van der Waals surface area contributed by atoms with Crippen molar-refractivity contribution in [1.29, 1.82) is 0 Å². The number of nitrogens with one attached hydrogen (secondary N) is 2. The van der Waals surface area contributed by atoms with Gasteiger partial charge in [0.05, 0.1) is 21.9 Å². The third kappa shape index (κ3) is 4.41. The van der Waals surface area contributed by atoms with Gasteiger partial charge in [0.2, 0.25) is 0 Å². The van der Waals surface area contributed by atoms with Crippen molar-refractivity contribution in [3.63, 3.8) is 0 Å². The Morgan fingerprint density at radius 3 is 2.26 bits per heavy atom. The normalized spacial score (nSPS) is 17.6. The molecule has 0 atom stereocenters. The summed E-state index contributed by atoms with van der Waals surface area (Å²) in [5.41, 5.74) is 1.06. The Balaban J connectivity index is 1.70. The van der Waals surface area contributed by atoms with Gasteiger partial charge in [-0.1, -0.05) is 35.3 Å².